The van der Waals surface area contributed by atoms with E-state index in [-0.39, 0.29) is 101 Å². The number of nitrogens with two attached hydrogens (primary N) is 5. The summed E-state index contributed by atoms with van der Waals surface area (Å²) < 4.78 is 0. The van der Waals surface area contributed by atoms with Gasteiger partial charge in [-0.2, -0.15) is 11.8 Å². The van der Waals surface area contributed by atoms with Gasteiger partial charge < -0.3 is 108 Å². The summed E-state index contributed by atoms with van der Waals surface area (Å²) in [5, 5.41) is 46.6. The number of aliphatic hydroxyl groups excluding tert-OH is 1. The zero-order valence-corrected chi connectivity index (χ0v) is 69.8. The van der Waals surface area contributed by atoms with Crippen molar-refractivity contribution in [2.45, 2.75) is 259 Å². The number of benzene rings is 1. The van der Waals surface area contributed by atoms with Gasteiger partial charge in [-0.05, 0) is 137 Å². The van der Waals surface area contributed by atoms with Gasteiger partial charge in [-0.25, -0.2) is 0 Å². The summed E-state index contributed by atoms with van der Waals surface area (Å²) in [6.07, 6.45) is 3.45. The molecule has 0 radical (unpaired) electrons. The highest BCUT2D eigenvalue weighted by Gasteiger charge is 2.39. The van der Waals surface area contributed by atoms with Crippen LogP contribution in [-0.2, 0) is 78.3 Å². The highest BCUT2D eigenvalue weighted by molar-refractivity contribution is 7.98. The van der Waals surface area contributed by atoms with Crippen LogP contribution in [0.3, 0.4) is 0 Å². The maximum Gasteiger partial charge on any atom is 0.243 e. The van der Waals surface area contributed by atoms with Crippen molar-refractivity contribution in [3.8, 4) is 0 Å². The van der Waals surface area contributed by atoms with Crippen LogP contribution in [0.25, 0.3) is 0 Å². The van der Waals surface area contributed by atoms with E-state index in [4.69, 9.17) is 28.7 Å². The zero-order chi connectivity index (χ0) is 85.9. The minimum atomic E-state index is -1.38. The first-order valence-electron chi connectivity index (χ1n) is 39.1. The van der Waals surface area contributed by atoms with E-state index in [1.165, 1.54) is 18.7 Å². The number of hydrogen-bond acceptors (Lipinski definition) is 20. The molecule has 0 aliphatic heterocycles. The topological polar surface area (TPSA) is 587 Å². The van der Waals surface area contributed by atoms with Crippen LogP contribution in [0.2, 0.25) is 0 Å². The van der Waals surface area contributed by atoms with Crippen molar-refractivity contribution in [1.29, 1.82) is 0 Å². The third-order valence-corrected chi connectivity index (χ3v) is 18.8. The van der Waals surface area contributed by atoms with E-state index in [1.807, 2.05) is 41.5 Å². The molecule has 0 bridgehead atoms. The Labute approximate surface area is 670 Å². The van der Waals surface area contributed by atoms with Crippen molar-refractivity contribution in [2.24, 2.45) is 75.1 Å². The average molecular weight is 1620 g/mol. The molecule has 0 aromatic heterocycles. The van der Waals surface area contributed by atoms with Crippen LogP contribution < -0.4 is 103 Å². The van der Waals surface area contributed by atoms with Crippen molar-refractivity contribution in [1.82, 2.24) is 74.4 Å². The maximum absolute atomic E-state index is 14.8. The van der Waals surface area contributed by atoms with Crippen LogP contribution >= 0.6 is 11.8 Å². The minimum Gasteiger partial charge on any atom is -0.394 e. The Hall–Kier alpha value is -9.23. The fourth-order valence-corrected chi connectivity index (χ4v) is 12.1. The number of hydrogen-bond donors (Lipinski definition) is 20. The number of guanidine groups is 1. The minimum absolute atomic E-state index is 0.0246. The normalized spacial score (nSPS) is 15.1. The molecule has 0 spiro atoms. The van der Waals surface area contributed by atoms with Crippen molar-refractivity contribution in [3.63, 3.8) is 0 Å². The summed E-state index contributed by atoms with van der Waals surface area (Å²) in [5.41, 5.74) is 29.0. The molecule has 1 aromatic carbocycles. The number of unbranched alkanes of at least 4 members (excludes halogenated alkanes) is 1. The lowest BCUT2D eigenvalue weighted by Gasteiger charge is -2.31. The standard InChI is InChI=1S/C76H134N20O16S/c1-17-46(14)62(96-68(105)51(27-23-30-82-76(80)81)89-69(106)54(32-40(2)3)87-59(99)38-84-66(103)52(28-31-113-16)90-74(111)61(45(12)13)94-65(102)49(78)39-97)75(112)93-57(35-43(8)9)72(109)92-56(34-42(6)7)71(108)91-55(33-41(4)5)70(107)88-50(26-21-22-29-77)67(104)95-60(44(10)11)73(110)85-47(15)64(101)83-37-58(98)86-53(63(79)100)36-48-24-19-18-20-25-48/h18-20,24-25,40-47,49-57,60-62,97H,17,21-23,26-39,77-78H2,1-16H3,(H2,79,100)(H,83,101)(H,84,103)(H,85,110)(H,86,98)(H,87,99)(H,88,107)(H,89,106)(H,90,111)(H,91,108)(H,92,109)(H,93,112)(H,94,102)(H,95,104)(H,96,105)(H4,80,81,82)/t46-,47-,49-,50-,51-,52-,53-,54-,55-,56-,57-,60-,61-,62-/m0/s1. The van der Waals surface area contributed by atoms with Gasteiger partial charge in [0.25, 0.3) is 0 Å². The van der Waals surface area contributed by atoms with E-state index < -0.39 is 205 Å². The number of aliphatic imine (C=N–C) groups is 1. The molecule has 0 heterocycles. The second kappa shape index (κ2) is 53.7. The third-order valence-electron chi connectivity index (χ3n) is 18.2. The van der Waals surface area contributed by atoms with E-state index in [9.17, 15) is 77.0 Å². The van der Waals surface area contributed by atoms with E-state index in [2.05, 4.69) is 79.4 Å². The van der Waals surface area contributed by atoms with Crippen molar-refractivity contribution >= 4 is 106 Å². The average Bonchev–Trinajstić information content (AvgIpc) is 0.861. The predicted molar refractivity (Wildman–Crippen MR) is 432 cm³/mol. The second-order valence-corrected chi connectivity index (χ2v) is 32.0. The van der Waals surface area contributed by atoms with Crippen LogP contribution in [0.15, 0.2) is 35.3 Å². The molecular formula is C76H134N20O16S. The highest BCUT2D eigenvalue weighted by atomic mass is 32.2. The Morgan fingerprint density at radius 2 is 0.796 bits per heavy atom. The molecular weight excluding hydrogens is 1480 g/mol. The molecule has 37 heteroatoms. The van der Waals surface area contributed by atoms with Gasteiger partial charge in [-0.1, -0.05) is 134 Å². The number of carbonyl (C=O) groups excluding carboxylic acids is 15. The van der Waals surface area contributed by atoms with Crippen LogP contribution in [-0.4, -0.2) is 223 Å². The van der Waals surface area contributed by atoms with Crippen molar-refractivity contribution < 1.29 is 77.0 Å². The fourth-order valence-electron chi connectivity index (χ4n) is 11.6. The molecule has 0 saturated carbocycles. The molecule has 36 nitrogen and oxygen atoms in total. The SMILES string of the molecule is CC[C@H](C)[C@H](NC(=O)[C@H](CCCN=C(N)N)NC(=O)[C@H](CC(C)C)NC(=O)CNC(=O)[C@H](CCSC)NC(=O)[C@@H](NC(=O)[C@@H](N)CO)C(C)C)C(=O)N[C@@H](CC(C)C)C(=O)N[C@@H](CC(C)C)C(=O)N[C@@H](CC(C)C)C(=O)N[C@@H](CCCCN)C(=O)N[C@H](C(=O)N[C@@H](C)C(=O)NCC(=O)N[C@@H](Cc1ccccc1)C(N)=O)C(C)C. The molecule has 0 aliphatic carbocycles. The van der Waals surface area contributed by atoms with E-state index >= 15 is 0 Å². The van der Waals surface area contributed by atoms with Gasteiger partial charge in [0, 0.05) is 13.0 Å². The first-order chi connectivity index (χ1) is 53.0. The maximum atomic E-state index is 14.8. The number of amides is 15. The molecule has 1 aromatic rings. The summed E-state index contributed by atoms with van der Waals surface area (Å²) in [7, 11) is 0. The Morgan fingerprint density at radius 1 is 0.425 bits per heavy atom. The molecule has 0 fully saturated rings. The third kappa shape index (κ3) is 40.4. The van der Waals surface area contributed by atoms with Gasteiger partial charge in [0.1, 0.15) is 78.5 Å². The molecule has 15 amide bonds. The lowest BCUT2D eigenvalue weighted by Crippen LogP contribution is -2.61. The molecule has 1 rings (SSSR count). The first-order valence-corrected chi connectivity index (χ1v) is 40.5. The van der Waals surface area contributed by atoms with Crippen molar-refractivity contribution in [2.75, 3.05) is 44.8 Å². The van der Waals surface area contributed by atoms with Crippen LogP contribution in [0.4, 0.5) is 0 Å². The van der Waals surface area contributed by atoms with Crippen LogP contribution in [0.5, 0.6) is 0 Å². The van der Waals surface area contributed by atoms with Crippen LogP contribution in [0.1, 0.15) is 180 Å². The fraction of sp³-hybridized carbons (Fsp3) is 0.711. The number of aliphatic hydroxyl groups is 1. The van der Waals surface area contributed by atoms with Crippen molar-refractivity contribution in [3.05, 3.63) is 35.9 Å². The summed E-state index contributed by atoms with van der Waals surface area (Å²) in [6, 6.07) is -7.48. The Kier molecular flexibility index (Phi) is 48.4. The summed E-state index contributed by atoms with van der Waals surface area (Å²) in [5.74, 6) is -13.9. The number of rotatable bonds is 55. The molecule has 0 aliphatic rings. The first kappa shape index (κ1) is 102. The quantitative estimate of drug-likeness (QED) is 0.0183. The zero-order valence-electron chi connectivity index (χ0n) is 69.0. The van der Waals surface area contributed by atoms with E-state index in [1.54, 1.807) is 92.0 Å². The second-order valence-electron chi connectivity index (χ2n) is 31.0. The summed E-state index contributed by atoms with van der Waals surface area (Å²) in [6.45, 7) is 24.3. The van der Waals surface area contributed by atoms with E-state index in [0.717, 1.165) is 5.56 Å². The monoisotopic (exact) mass is 1620 g/mol. The largest absolute Gasteiger partial charge is 0.394 e. The molecule has 0 unspecified atom stereocenters. The molecule has 0 saturated heterocycles. The van der Waals surface area contributed by atoms with Gasteiger partial charge in [-0.3, -0.25) is 76.9 Å². The number of nitrogens with zero attached hydrogens (tertiary/aromatic N) is 1. The van der Waals surface area contributed by atoms with Gasteiger partial charge >= 0.3 is 0 Å². The molecule has 640 valence electrons. The lowest BCUT2D eigenvalue weighted by molar-refractivity contribution is -0.137. The Balaban J connectivity index is 3.53. The Bertz CT molecular complexity index is 3270. The Morgan fingerprint density at radius 3 is 1.21 bits per heavy atom. The smallest absolute Gasteiger partial charge is 0.243 e. The van der Waals surface area contributed by atoms with E-state index in [0.29, 0.717) is 25.0 Å². The number of carbonyl (C=O) groups is 15. The molecule has 25 N–H and O–H groups in total. The lowest BCUT2D eigenvalue weighted by atomic mass is 9.95. The van der Waals surface area contributed by atoms with Gasteiger partial charge in [0.2, 0.25) is 88.6 Å². The van der Waals surface area contributed by atoms with Crippen LogP contribution in [0, 0.1) is 41.4 Å². The molecule has 14 atom stereocenters. The predicted octanol–water partition coefficient (Wildman–Crippen LogP) is -2.42. The molecule has 113 heavy (non-hydrogen) atoms. The van der Waals surface area contributed by atoms with Gasteiger partial charge in [0.15, 0.2) is 5.96 Å². The highest BCUT2D eigenvalue weighted by Crippen LogP contribution is 2.17. The summed E-state index contributed by atoms with van der Waals surface area (Å²) in [4.78, 5) is 212. The number of thioether (sulfide) groups is 1. The number of primary amides is 1. The van der Waals surface area contributed by atoms with Gasteiger partial charge in [0.05, 0.1) is 19.7 Å². The number of nitrogens with one attached hydrogen (secondary N) is 14. The summed E-state index contributed by atoms with van der Waals surface area (Å²) >= 11 is 1.39. The van der Waals surface area contributed by atoms with Gasteiger partial charge in [-0.15, -0.1) is 0 Å².